The summed E-state index contributed by atoms with van der Waals surface area (Å²) in [4.78, 5) is 38.7. The molecule has 3 aromatic rings. The van der Waals surface area contributed by atoms with Crippen LogP contribution >= 0.6 is 0 Å². The summed E-state index contributed by atoms with van der Waals surface area (Å²) in [5.74, 6) is 1.79. The lowest BCUT2D eigenvalue weighted by Crippen LogP contribution is -2.33. The highest BCUT2D eigenvalue weighted by atomic mass is 16.1. The van der Waals surface area contributed by atoms with Crippen LogP contribution in [-0.2, 0) is 6.54 Å². The van der Waals surface area contributed by atoms with Gasteiger partial charge in [-0.1, -0.05) is 48.4 Å². The third kappa shape index (κ3) is 1.73. The molecule has 0 fully saturated rings. The molecule has 114 valence electrons. The number of hydrogen-bond donors (Lipinski definition) is 0. The Hall–Kier alpha value is -3.45. The highest BCUT2D eigenvalue weighted by Crippen LogP contribution is 2.31. The van der Waals surface area contributed by atoms with Gasteiger partial charge in [-0.2, -0.15) is 0 Å². The number of fused-ring (bicyclic) bond motifs is 4. The molecule has 0 amide bonds. The van der Waals surface area contributed by atoms with E-state index < -0.39 is 0 Å². The van der Waals surface area contributed by atoms with Gasteiger partial charge < -0.3 is 0 Å². The van der Waals surface area contributed by atoms with Crippen molar-refractivity contribution in [2.75, 3.05) is 0 Å². The van der Waals surface area contributed by atoms with E-state index in [1.807, 2.05) is 0 Å². The quantitative estimate of drug-likeness (QED) is 0.507. The van der Waals surface area contributed by atoms with Gasteiger partial charge in [0.25, 0.3) is 5.56 Å². The average Bonchev–Trinajstić information content (AvgIpc) is 2.62. The standard InChI is InChI=1S/C20H11NO3/c1-2-11-21-17-16(12-7-3-6-10-15(12)20(21)24)18(22)13-8-4-5-9-14(13)19(17)23/h1,3-10H,11H2. The molecule has 0 spiro atoms. The summed E-state index contributed by atoms with van der Waals surface area (Å²) >= 11 is 0. The topological polar surface area (TPSA) is 56.1 Å². The third-order valence-electron chi connectivity index (χ3n) is 4.29. The van der Waals surface area contributed by atoms with E-state index in [-0.39, 0.29) is 34.9 Å². The second-order valence-corrected chi connectivity index (χ2v) is 5.57. The molecule has 0 saturated carbocycles. The van der Waals surface area contributed by atoms with Crippen molar-refractivity contribution in [3.8, 4) is 12.3 Å². The first-order chi connectivity index (χ1) is 11.6. The Kier molecular flexibility index (Phi) is 2.97. The van der Waals surface area contributed by atoms with E-state index >= 15 is 0 Å². The molecule has 0 aliphatic heterocycles. The summed E-state index contributed by atoms with van der Waals surface area (Å²) in [6.45, 7) is -0.0623. The van der Waals surface area contributed by atoms with Crippen LogP contribution in [0.2, 0.25) is 0 Å². The molecule has 1 heterocycles. The third-order valence-corrected chi connectivity index (χ3v) is 4.29. The lowest BCUT2D eigenvalue weighted by Gasteiger charge is -2.22. The molecule has 1 aliphatic rings. The number of carbonyl (C=O) groups excluding carboxylic acids is 2. The van der Waals surface area contributed by atoms with Crippen LogP contribution in [-0.4, -0.2) is 16.1 Å². The molecule has 0 bridgehead atoms. The molecule has 0 unspecified atom stereocenters. The Labute approximate surface area is 137 Å². The lowest BCUT2D eigenvalue weighted by atomic mass is 9.84. The number of benzene rings is 2. The number of ketones is 2. The second kappa shape index (κ2) is 5.04. The number of carbonyl (C=O) groups is 2. The first-order valence-corrected chi connectivity index (χ1v) is 7.42. The predicted molar refractivity (Wildman–Crippen MR) is 90.3 cm³/mol. The monoisotopic (exact) mass is 313 g/mol. The molecular formula is C20H11NO3. The Morgan fingerprint density at radius 1 is 0.833 bits per heavy atom. The van der Waals surface area contributed by atoms with E-state index in [0.717, 1.165) is 0 Å². The molecule has 1 aromatic heterocycles. The SMILES string of the molecule is C#CCn1c2c(c3ccccc3c1=O)C(=O)c1ccccc1C2=O. The fourth-order valence-corrected chi connectivity index (χ4v) is 3.25. The van der Waals surface area contributed by atoms with Crippen LogP contribution in [0.5, 0.6) is 0 Å². The fourth-order valence-electron chi connectivity index (χ4n) is 3.25. The van der Waals surface area contributed by atoms with Gasteiger partial charge in [0.15, 0.2) is 5.78 Å². The van der Waals surface area contributed by atoms with Crippen molar-refractivity contribution in [2.24, 2.45) is 0 Å². The van der Waals surface area contributed by atoms with Gasteiger partial charge >= 0.3 is 0 Å². The van der Waals surface area contributed by atoms with Crippen LogP contribution in [0, 0.1) is 12.3 Å². The number of aromatic nitrogens is 1. The number of rotatable bonds is 1. The smallest absolute Gasteiger partial charge is 0.259 e. The Bertz CT molecular complexity index is 1150. The van der Waals surface area contributed by atoms with Crippen molar-refractivity contribution in [3.05, 3.63) is 81.3 Å². The zero-order chi connectivity index (χ0) is 16.8. The van der Waals surface area contributed by atoms with Crippen molar-refractivity contribution in [3.63, 3.8) is 0 Å². The summed E-state index contributed by atoms with van der Waals surface area (Å²) in [5.41, 5.74) is 0.633. The van der Waals surface area contributed by atoms with Crippen LogP contribution < -0.4 is 5.56 Å². The minimum Gasteiger partial charge on any atom is -0.292 e. The van der Waals surface area contributed by atoms with Crippen LogP contribution in [0.3, 0.4) is 0 Å². The Morgan fingerprint density at radius 2 is 1.42 bits per heavy atom. The van der Waals surface area contributed by atoms with E-state index in [4.69, 9.17) is 6.42 Å². The van der Waals surface area contributed by atoms with Gasteiger partial charge in [-0.25, -0.2) is 0 Å². The van der Waals surface area contributed by atoms with Crippen LogP contribution in [0.1, 0.15) is 32.0 Å². The number of nitrogens with zero attached hydrogens (tertiary/aromatic N) is 1. The molecule has 0 N–H and O–H groups in total. The molecule has 4 nitrogen and oxygen atoms in total. The van der Waals surface area contributed by atoms with E-state index in [0.29, 0.717) is 21.9 Å². The molecule has 24 heavy (non-hydrogen) atoms. The molecule has 4 heteroatoms. The minimum absolute atomic E-state index is 0.0623. The summed E-state index contributed by atoms with van der Waals surface area (Å²) < 4.78 is 1.23. The van der Waals surface area contributed by atoms with E-state index in [2.05, 4.69) is 5.92 Å². The maximum Gasteiger partial charge on any atom is 0.259 e. The molecular weight excluding hydrogens is 302 g/mol. The Balaban J connectivity index is 2.23. The van der Waals surface area contributed by atoms with Crippen molar-refractivity contribution < 1.29 is 9.59 Å². The van der Waals surface area contributed by atoms with Gasteiger partial charge in [0.1, 0.15) is 5.69 Å². The van der Waals surface area contributed by atoms with Gasteiger partial charge in [0, 0.05) is 21.9 Å². The maximum atomic E-state index is 13.0. The molecule has 1 aliphatic carbocycles. The van der Waals surface area contributed by atoms with Gasteiger partial charge in [0.2, 0.25) is 5.78 Å². The highest BCUT2D eigenvalue weighted by molar-refractivity contribution is 6.31. The van der Waals surface area contributed by atoms with Crippen LogP contribution in [0.4, 0.5) is 0 Å². The van der Waals surface area contributed by atoms with Gasteiger partial charge in [-0.05, 0) is 6.07 Å². The number of terminal acetylenes is 1. The normalized spacial score (nSPS) is 12.6. The van der Waals surface area contributed by atoms with Crippen LogP contribution in [0.25, 0.3) is 10.8 Å². The largest absolute Gasteiger partial charge is 0.292 e. The van der Waals surface area contributed by atoms with Crippen molar-refractivity contribution in [1.29, 1.82) is 0 Å². The Morgan fingerprint density at radius 3 is 2.08 bits per heavy atom. The lowest BCUT2D eigenvalue weighted by molar-refractivity contribution is 0.0972. The van der Waals surface area contributed by atoms with Crippen molar-refractivity contribution >= 4 is 22.3 Å². The van der Waals surface area contributed by atoms with Crippen LogP contribution in [0.15, 0.2) is 53.3 Å². The number of pyridine rings is 1. The van der Waals surface area contributed by atoms with Crippen molar-refractivity contribution in [1.82, 2.24) is 4.57 Å². The summed E-state index contributed by atoms with van der Waals surface area (Å²) in [7, 11) is 0. The fraction of sp³-hybridized carbons (Fsp3) is 0.0500. The average molecular weight is 313 g/mol. The number of hydrogen-bond acceptors (Lipinski definition) is 3. The molecule has 4 rings (SSSR count). The molecule has 2 aromatic carbocycles. The summed E-state index contributed by atoms with van der Waals surface area (Å²) in [6, 6.07) is 13.4. The van der Waals surface area contributed by atoms with E-state index in [1.165, 1.54) is 4.57 Å². The zero-order valence-corrected chi connectivity index (χ0v) is 12.6. The van der Waals surface area contributed by atoms with Gasteiger partial charge in [-0.15, -0.1) is 6.42 Å². The van der Waals surface area contributed by atoms with Gasteiger partial charge in [0.05, 0.1) is 12.1 Å². The molecule has 0 radical (unpaired) electrons. The van der Waals surface area contributed by atoms with Gasteiger partial charge in [-0.3, -0.25) is 19.0 Å². The zero-order valence-electron chi connectivity index (χ0n) is 12.6. The minimum atomic E-state index is -0.358. The highest BCUT2D eigenvalue weighted by Gasteiger charge is 2.34. The molecule has 0 atom stereocenters. The second-order valence-electron chi connectivity index (χ2n) is 5.57. The first kappa shape index (κ1) is 14.2. The predicted octanol–water partition coefficient (Wildman–Crippen LogP) is 2.41. The summed E-state index contributed by atoms with van der Waals surface area (Å²) in [6.07, 6.45) is 5.38. The molecule has 0 saturated heterocycles. The first-order valence-electron chi connectivity index (χ1n) is 7.42. The maximum absolute atomic E-state index is 13.0. The van der Waals surface area contributed by atoms with E-state index in [1.54, 1.807) is 48.5 Å². The van der Waals surface area contributed by atoms with Crippen molar-refractivity contribution in [2.45, 2.75) is 6.54 Å². The summed E-state index contributed by atoms with van der Waals surface area (Å²) in [5, 5.41) is 0.866. The van der Waals surface area contributed by atoms with E-state index in [9.17, 15) is 14.4 Å².